The minimum atomic E-state index is 0.0721. The number of benzene rings is 2. The lowest BCUT2D eigenvalue weighted by Crippen LogP contribution is -2.12. The highest BCUT2D eigenvalue weighted by molar-refractivity contribution is 7.13. The Morgan fingerprint density at radius 3 is 2.54 bits per heavy atom. The number of fused-ring (bicyclic) bond motifs is 1. The summed E-state index contributed by atoms with van der Waals surface area (Å²) in [6.07, 6.45) is 2.22. The second-order valence-corrected chi connectivity index (χ2v) is 6.85. The number of aromatic nitrogens is 2. The van der Waals surface area contributed by atoms with E-state index in [0.29, 0.717) is 0 Å². The van der Waals surface area contributed by atoms with E-state index in [1.54, 1.807) is 11.3 Å². The van der Waals surface area contributed by atoms with E-state index >= 15 is 0 Å². The molecule has 1 atom stereocenters. The smallest absolute Gasteiger partial charge is 0.183 e. The maximum absolute atomic E-state index is 4.59. The van der Waals surface area contributed by atoms with Gasteiger partial charge >= 0.3 is 0 Å². The van der Waals surface area contributed by atoms with Crippen molar-refractivity contribution in [1.29, 1.82) is 0 Å². The average Bonchev–Trinajstić information content (AvgIpc) is 3.17. The van der Waals surface area contributed by atoms with Crippen LogP contribution in [0.4, 0.5) is 5.13 Å². The van der Waals surface area contributed by atoms with Crippen LogP contribution < -0.4 is 5.32 Å². The Balaban J connectivity index is 1.85. The molecule has 0 fully saturated rings. The number of nitrogens with one attached hydrogen (secondary N) is 1. The standard InChI is InChI=1S/C20H19N3S/c1-14-13-24-20(21-14)22-19(15-8-4-3-5-9-15)17-12-23(2)18-11-7-6-10-16(17)18/h3-13,19H,1-2H3,(H,21,22). The minimum absolute atomic E-state index is 0.0721. The molecule has 120 valence electrons. The highest BCUT2D eigenvalue weighted by atomic mass is 32.1. The molecule has 0 saturated heterocycles. The molecule has 0 radical (unpaired) electrons. The lowest BCUT2D eigenvalue weighted by atomic mass is 9.98. The minimum Gasteiger partial charge on any atom is -0.351 e. The summed E-state index contributed by atoms with van der Waals surface area (Å²) in [5, 5.41) is 7.93. The molecule has 4 rings (SSSR count). The van der Waals surface area contributed by atoms with Crippen LogP contribution in [0.3, 0.4) is 0 Å². The molecule has 24 heavy (non-hydrogen) atoms. The van der Waals surface area contributed by atoms with Gasteiger partial charge in [-0.25, -0.2) is 4.98 Å². The quantitative estimate of drug-likeness (QED) is 0.560. The summed E-state index contributed by atoms with van der Waals surface area (Å²) in [5.74, 6) is 0. The van der Waals surface area contributed by atoms with Crippen LogP contribution in [0.2, 0.25) is 0 Å². The number of nitrogens with zero attached hydrogens (tertiary/aromatic N) is 2. The Morgan fingerprint density at radius 2 is 1.79 bits per heavy atom. The van der Waals surface area contributed by atoms with Gasteiger partial charge in [-0.1, -0.05) is 48.5 Å². The van der Waals surface area contributed by atoms with Crippen molar-refractivity contribution in [2.75, 3.05) is 5.32 Å². The van der Waals surface area contributed by atoms with Crippen molar-refractivity contribution in [1.82, 2.24) is 9.55 Å². The molecular formula is C20H19N3S. The maximum atomic E-state index is 4.59. The van der Waals surface area contributed by atoms with Gasteiger partial charge in [0.1, 0.15) is 0 Å². The van der Waals surface area contributed by atoms with Crippen LogP contribution in [0.5, 0.6) is 0 Å². The van der Waals surface area contributed by atoms with Gasteiger partial charge in [-0.2, -0.15) is 0 Å². The zero-order valence-corrected chi connectivity index (χ0v) is 14.5. The van der Waals surface area contributed by atoms with Crippen molar-refractivity contribution in [2.24, 2.45) is 7.05 Å². The van der Waals surface area contributed by atoms with Gasteiger partial charge in [-0.15, -0.1) is 11.3 Å². The molecule has 3 nitrogen and oxygen atoms in total. The predicted octanol–water partition coefficient (Wildman–Crippen LogP) is 5.14. The second kappa shape index (κ2) is 6.13. The van der Waals surface area contributed by atoms with Crippen molar-refractivity contribution in [2.45, 2.75) is 13.0 Å². The van der Waals surface area contributed by atoms with E-state index in [2.05, 4.69) is 88.1 Å². The zero-order chi connectivity index (χ0) is 16.5. The fraction of sp³-hybridized carbons (Fsp3) is 0.150. The molecule has 4 heteroatoms. The van der Waals surface area contributed by atoms with E-state index < -0.39 is 0 Å². The van der Waals surface area contributed by atoms with Gasteiger partial charge in [0.15, 0.2) is 5.13 Å². The van der Waals surface area contributed by atoms with Crippen LogP contribution in [0.15, 0.2) is 66.2 Å². The first-order valence-electron chi connectivity index (χ1n) is 8.00. The first-order valence-corrected chi connectivity index (χ1v) is 8.88. The number of aryl methyl sites for hydroxylation is 2. The van der Waals surface area contributed by atoms with Gasteiger partial charge in [-0.05, 0) is 18.6 Å². The number of para-hydroxylation sites is 1. The van der Waals surface area contributed by atoms with Gasteiger partial charge in [0.2, 0.25) is 0 Å². The molecule has 4 aromatic rings. The van der Waals surface area contributed by atoms with Crippen LogP contribution in [-0.4, -0.2) is 9.55 Å². The van der Waals surface area contributed by atoms with Gasteiger partial charge in [0.05, 0.1) is 11.7 Å². The zero-order valence-electron chi connectivity index (χ0n) is 13.7. The number of thiazole rings is 1. The molecule has 0 bridgehead atoms. The molecule has 1 unspecified atom stereocenters. The van der Waals surface area contributed by atoms with Crippen LogP contribution in [0.25, 0.3) is 10.9 Å². The van der Waals surface area contributed by atoms with E-state index in [1.165, 1.54) is 22.0 Å². The van der Waals surface area contributed by atoms with E-state index in [-0.39, 0.29) is 6.04 Å². The first kappa shape index (κ1) is 15.0. The van der Waals surface area contributed by atoms with Crippen LogP contribution in [-0.2, 0) is 7.05 Å². The van der Waals surface area contributed by atoms with Crippen molar-refractivity contribution < 1.29 is 0 Å². The topological polar surface area (TPSA) is 29.9 Å². The lowest BCUT2D eigenvalue weighted by Gasteiger charge is -2.18. The van der Waals surface area contributed by atoms with E-state index in [0.717, 1.165) is 10.8 Å². The largest absolute Gasteiger partial charge is 0.351 e. The fourth-order valence-electron chi connectivity index (χ4n) is 3.13. The third-order valence-corrected chi connectivity index (χ3v) is 5.15. The number of anilines is 1. The summed E-state index contributed by atoms with van der Waals surface area (Å²) < 4.78 is 2.19. The number of hydrogen-bond acceptors (Lipinski definition) is 3. The Hall–Kier alpha value is -2.59. The van der Waals surface area contributed by atoms with Crippen molar-refractivity contribution in [3.8, 4) is 0 Å². The molecule has 0 aliphatic heterocycles. The summed E-state index contributed by atoms with van der Waals surface area (Å²) in [6, 6.07) is 19.2. The normalized spacial score (nSPS) is 12.4. The first-order chi connectivity index (χ1) is 11.7. The molecule has 0 amide bonds. The summed E-state index contributed by atoms with van der Waals surface area (Å²) in [6.45, 7) is 2.02. The van der Waals surface area contributed by atoms with Crippen LogP contribution >= 0.6 is 11.3 Å². The summed E-state index contributed by atoms with van der Waals surface area (Å²) in [7, 11) is 2.10. The van der Waals surface area contributed by atoms with E-state index in [4.69, 9.17) is 0 Å². The van der Waals surface area contributed by atoms with Crippen molar-refractivity contribution >= 4 is 27.4 Å². The molecular weight excluding hydrogens is 314 g/mol. The maximum Gasteiger partial charge on any atom is 0.183 e. The lowest BCUT2D eigenvalue weighted by molar-refractivity contribution is 0.906. The molecule has 0 spiro atoms. The van der Waals surface area contributed by atoms with E-state index in [1.807, 2.05) is 6.92 Å². The van der Waals surface area contributed by atoms with Crippen LogP contribution in [0, 0.1) is 6.92 Å². The highest BCUT2D eigenvalue weighted by Gasteiger charge is 2.20. The molecule has 0 aliphatic carbocycles. The average molecular weight is 333 g/mol. The van der Waals surface area contributed by atoms with Gasteiger partial charge in [0, 0.05) is 35.1 Å². The highest BCUT2D eigenvalue weighted by Crippen LogP contribution is 2.33. The summed E-state index contributed by atoms with van der Waals surface area (Å²) >= 11 is 1.65. The summed E-state index contributed by atoms with van der Waals surface area (Å²) in [4.78, 5) is 4.59. The third-order valence-electron chi connectivity index (χ3n) is 4.26. The van der Waals surface area contributed by atoms with Gasteiger partial charge in [0.25, 0.3) is 0 Å². The monoisotopic (exact) mass is 333 g/mol. The Kier molecular flexibility index (Phi) is 3.82. The number of rotatable bonds is 4. The Labute approximate surface area is 145 Å². The predicted molar refractivity (Wildman–Crippen MR) is 102 cm³/mol. The molecule has 0 saturated carbocycles. The molecule has 2 heterocycles. The molecule has 2 aromatic carbocycles. The van der Waals surface area contributed by atoms with Crippen LogP contribution in [0.1, 0.15) is 22.9 Å². The van der Waals surface area contributed by atoms with E-state index in [9.17, 15) is 0 Å². The van der Waals surface area contributed by atoms with Crippen molar-refractivity contribution in [3.63, 3.8) is 0 Å². The SMILES string of the molecule is Cc1csc(NC(c2ccccc2)c2cn(C)c3ccccc23)n1. The Bertz CT molecular complexity index is 969. The summed E-state index contributed by atoms with van der Waals surface area (Å²) in [5.41, 5.74) is 4.80. The number of hydrogen-bond donors (Lipinski definition) is 1. The fourth-order valence-corrected chi connectivity index (χ4v) is 3.85. The third kappa shape index (κ3) is 2.69. The Morgan fingerprint density at radius 1 is 1.04 bits per heavy atom. The van der Waals surface area contributed by atoms with Gasteiger partial charge in [-0.3, -0.25) is 0 Å². The molecule has 0 aliphatic rings. The van der Waals surface area contributed by atoms with Crippen molar-refractivity contribution in [3.05, 3.63) is 83.0 Å². The second-order valence-electron chi connectivity index (χ2n) is 5.99. The molecule has 1 N–H and O–H groups in total. The van der Waals surface area contributed by atoms with Gasteiger partial charge < -0.3 is 9.88 Å². The molecule has 2 aromatic heterocycles.